The molecule has 1 fully saturated rings. The maximum atomic E-state index is 12.1. The van der Waals surface area contributed by atoms with Crippen molar-refractivity contribution in [3.8, 4) is 0 Å². The van der Waals surface area contributed by atoms with Gasteiger partial charge in [0.2, 0.25) is 5.91 Å². The van der Waals surface area contributed by atoms with Crippen LogP contribution in [0.15, 0.2) is 11.4 Å². The van der Waals surface area contributed by atoms with E-state index in [0.717, 1.165) is 12.8 Å². The highest BCUT2D eigenvalue weighted by atomic mass is 32.1. The molecule has 1 aromatic heterocycles. The van der Waals surface area contributed by atoms with E-state index in [1.807, 2.05) is 7.05 Å². The van der Waals surface area contributed by atoms with Crippen molar-refractivity contribution in [1.29, 1.82) is 0 Å². The molecule has 116 valence electrons. The van der Waals surface area contributed by atoms with Crippen LogP contribution in [0.4, 0.5) is 5.00 Å². The van der Waals surface area contributed by atoms with Crippen molar-refractivity contribution in [2.24, 2.45) is 0 Å². The molecule has 0 aliphatic heterocycles. The lowest BCUT2D eigenvalue weighted by molar-refractivity contribution is -0.117. The predicted octanol–water partition coefficient (Wildman–Crippen LogP) is 2.74. The lowest BCUT2D eigenvalue weighted by atomic mass is 9.94. The first-order chi connectivity index (χ1) is 10.1. The molecule has 0 atom stereocenters. The molecule has 1 aromatic rings. The van der Waals surface area contributed by atoms with Gasteiger partial charge < -0.3 is 10.1 Å². The van der Waals surface area contributed by atoms with Crippen LogP contribution in [-0.2, 0) is 9.53 Å². The Bertz CT molecular complexity index is 495. The Hall–Kier alpha value is -1.40. The quantitative estimate of drug-likeness (QED) is 0.850. The number of amides is 1. The Kier molecular flexibility index (Phi) is 5.76. The minimum atomic E-state index is -0.424. The highest BCUT2D eigenvalue weighted by Gasteiger charge is 2.21. The van der Waals surface area contributed by atoms with Crippen LogP contribution in [0, 0.1) is 0 Å². The summed E-state index contributed by atoms with van der Waals surface area (Å²) in [6.45, 7) is 0.350. The number of hydrogen-bond acceptors (Lipinski definition) is 5. The number of nitrogens with one attached hydrogen (secondary N) is 1. The Morgan fingerprint density at radius 1 is 1.38 bits per heavy atom. The van der Waals surface area contributed by atoms with Crippen molar-refractivity contribution in [3.63, 3.8) is 0 Å². The van der Waals surface area contributed by atoms with Gasteiger partial charge in [0, 0.05) is 6.04 Å². The normalized spacial score (nSPS) is 16.0. The van der Waals surface area contributed by atoms with Gasteiger partial charge in [-0.05, 0) is 31.3 Å². The predicted molar refractivity (Wildman–Crippen MR) is 83.8 cm³/mol. The molecule has 1 aliphatic carbocycles. The summed E-state index contributed by atoms with van der Waals surface area (Å²) in [4.78, 5) is 25.8. The Morgan fingerprint density at radius 2 is 2.10 bits per heavy atom. The zero-order valence-corrected chi connectivity index (χ0v) is 13.4. The highest BCUT2D eigenvalue weighted by Crippen LogP contribution is 2.24. The fourth-order valence-electron chi connectivity index (χ4n) is 2.72. The van der Waals surface area contributed by atoms with E-state index in [9.17, 15) is 9.59 Å². The molecule has 1 aliphatic rings. The Morgan fingerprint density at radius 3 is 2.76 bits per heavy atom. The van der Waals surface area contributed by atoms with Crippen molar-refractivity contribution in [3.05, 3.63) is 17.0 Å². The average molecular weight is 310 g/mol. The molecular weight excluding hydrogens is 288 g/mol. The van der Waals surface area contributed by atoms with Gasteiger partial charge in [0.1, 0.15) is 5.00 Å². The molecule has 0 aromatic carbocycles. The molecule has 2 rings (SSSR count). The van der Waals surface area contributed by atoms with Gasteiger partial charge in [-0.15, -0.1) is 11.3 Å². The molecule has 1 amide bonds. The standard InChI is InChI=1S/C15H22N2O3S/c1-17(11-6-4-3-5-7-11)10-13(18)16-14-12(8-9-21-14)15(19)20-2/h8-9,11H,3-7,10H2,1-2H3,(H,16,18). The summed E-state index contributed by atoms with van der Waals surface area (Å²) in [6.07, 6.45) is 6.11. The van der Waals surface area contributed by atoms with Crippen LogP contribution in [0.2, 0.25) is 0 Å². The van der Waals surface area contributed by atoms with Gasteiger partial charge in [0.25, 0.3) is 0 Å². The zero-order valence-electron chi connectivity index (χ0n) is 12.6. The lowest BCUT2D eigenvalue weighted by Crippen LogP contribution is -2.39. The first-order valence-electron chi connectivity index (χ1n) is 7.27. The number of nitrogens with zero attached hydrogens (tertiary/aromatic N) is 1. The van der Waals surface area contributed by atoms with E-state index in [2.05, 4.69) is 10.2 Å². The zero-order chi connectivity index (χ0) is 15.2. The van der Waals surface area contributed by atoms with Gasteiger partial charge >= 0.3 is 5.97 Å². The van der Waals surface area contributed by atoms with Crippen molar-refractivity contribution in [2.45, 2.75) is 38.1 Å². The van der Waals surface area contributed by atoms with Gasteiger partial charge in [0.15, 0.2) is 0 Å². The van der Waals surface area contributed by atoms with Gasteiger partial charge in [0.05, 0.1) is 19.2 Å². The number of esters is 1. The second kappa shape index (κ2) is 7.56. The van der Waals surface area contributed by atoms with Gasteiger partial charge in [-0.3, -0.25) is 9.69 Å². The first-order valence-corrected chi connectivity index (χ1v) is 8.15. The van der Waals surface area contributed by atoms with Crippen LogP contribution >= 0.6 is 11.3 Å². The minimum absolute atomic E-state index is 0.0873. The number of carbonyl (C=O) groups is 2. The number of hydrogen-bond donors (Lipinski definition) is 1. The lowest BCUT2D eigenvalue weighted by Gasteiger charge is -2.30. The summed E-state index contributed by atoms with van der Waals surface area (Å²) in [5.41, 5.74) is 0.413. The van der Waals surface area contributed by atoms with E-state index >= 15 is 0 Å². The van der Waals surface area contributed by atoms with E-state index in [0.29, 0.717) is 23.2 Å². The van der Waals surface area contributed by atoms with Crippen LogP contribution in [0.25, 0.3) is 0 Å². The van der Waals surface area contributed by atoms with Crippen LogP contribution in [-0.4, -0.2) is 43.5 Å². The molecule has 1 heterocycles. The van der Waals surface area contributed by atoms with Gasteiger partial charge in [-0.1, -0.05) is 19.3 Å². The van der Waals surface area contributed by atoms with E-state index in [1.165, 1.54) is 37.7 Å². The van der Waals surface area contributed by atoms with Crippen LogP contribution in [0.1, 0.15) is 42.5 Å². The molecule has 0 bridgehead atoms. The summed E-state index contributed by atoms with van der Waals surface area (Å²) in [7, 11) is 3.33. The molecule has 21 heavy (non-hydrogen) atoms. The summed E-state index contributed by atoms with van der Waals surface area (Å²) in [6, 6.07) is 2.16. The third-order valence-electron chi connectivity index (χ3n) is 3.91. The number of rotatable bonds is 5. The summed E-state index contributed by atoms with van der Waals surface area (Å²) >= 11 is 1.33. The third-order valence-corrected chi connectivity index (χ3v) is 4.74. The van der Waals surface area contributed by atoms with Crippen molar-refractivity contribution >= 4 is 28.2 Å². The molecule has 0 saturated heterocycles. The SMILES string of the molecule is COC(=O)c1ccsc1NC(=O)CN(C)C1CCCCC1. The van der Waals surface area contributed by atoms with Crippen LogP contribution in [0.5, 0.6) is 0 Å². The van der Waals surface area contributed by atoms with Crippen LogP contribution in [0.3, 0.4) is 0 Å². The van der Waals surface area contributed by atoms with Gasteiger partial charge in [-0.25, -0.2) is 4.79 Å². The van der Waals surface area contributed by atoms with Gasteiger partial charge in [-0.2, -0.15) is 0 Å². The average Bonchev–Trinajstić information content (AvgIpc) is 2.95. The van der Waals surface area contributed by atoms with Crippen molar-refractivity contribution in [2.75, 3.05) is 26.0 Å². The summed E-state index contributed by atoms with van der Waals surface area (Å²) in [5, 5.41) is 5.14. The third kappa shape index (κ3) is 4.28. The first kappa shape index (κ1) is 16.0. The summed E-state index contributed by atoms with van der Waals surface area (Å²) in [5.74, 6) is -0.511. The molecule has 1 saturated carbocycles. The second-order valence-corrected chi connectivity index (χ2v) is 6.33. The van der Waals surface area contributed by atoms with Crippen molar-refractivity contribution < 1.29 is 14.3 Å². The maximum Gasteiger partial charge on any atom is 0.340 e. The largest absolute Gasteiger partial charge is 0.465 e. The molecule has 6 heteroatoms. The van der Waals surface area contributed by atoms with Crippen molar-refractivity contribution in [1.82, 2.24) is 4.90 Å². The second-order valence-electron chi connectivity index (χ2n) is 5.41. The monoisotopic (exact) mass is 310 g/mol. The molecule has 1 N–H and O–H groups in total. The number of ether oxygens (including phenoxy) is 1. The fraction of sp³-hybridized carbons (Fsp3) is 0.600. The van der Waals surface area contributed by atoms with E-state index < -0.39 is 5.97 Å². The summed E-state index contributed by atoms with van der Waals surface area (Å²) < 4.78 is 4.70. The number of likely N-dealkylation sites (N-methyl/N-ethyl adjacent to an activating group) is 1. The topological polar surface area (TPSA) is 58.6 Å². The minimum Gasteiger partial charge on any atom is -0.465 e. The Labute approximate surface area is 129 Å². The molecule has 5 nitrogen and oxygen atoms in total. The number of methoxy groups -OCH3 is 1. The van der Waals surface area contributed by atoms with E-state index in [-0.39, 0.29) is 5.91 Å². The number of thiophene rings is 1. The molecule has 0 unspecified atom stereocenters. The number of carbonyl (C=O) groups excluding carboxylic acids is 2. The van der Waals surface area contributed by atoms with Crippen LogP contribution < -0.4 is 5.32 Å². The van der Waals surface area contributed by atoms with E-state index in [4.69, 9.17) is 4.74 Å². The fourth-order valence-corrected chi connectivity index (χ4v) is 3.51. The molecular formula is C15H22N2O3S. The Balaban J connectivity index is 1.89. The maximum absolute atomic E-state index is 12.1. The molecule has 0 radical (unpaired) electrons. The highest BCUT2D eigenvalue weighted by molar-refractivity contribution is 7.14. The number of anilines is 1. The smallest absolute Gasteiger partial charge is 0.340 e. The van der Waals surface area contributed by atoms with E-state index in [1.54, 1.807) is 11.4 Å². The molecule has 0 spiro atoms.